The third kappa shape index (κ3) is 6.42. The quantitative estimate of drug-likeness (QED) is 0.598. The van der Waals surface area contributed by atoms with E-state index in [1.165, 1.54) is 38.5 Å². The van der Waals surface area contributed by atoms with Crippen LogP contribution in [0.25, 0.3) is 0 Å². The Morgan fingerprint density at radius 1 is 1.05 bits per heavy atom. The predicted octanol–water partition coefficient (Wildman–Crippen LogP) is 5.18. The highest BCUT2D eigenvalue weighted by molar-refractivity contribution is 5.38. The number of hydrogen-bond donors (Lipinski definition) is 1. The summed E-state index contributed by atoms with van der Waals surface area (Å²) in [6.07, 6.45) is 8.54. The summed E-state index contributed by atoms with van der Waals surface area (Å²) in [5.41, 5.74) is 2.05. The minimum absolute atomic E-state index is 0.473. The van der Waals surface area contributed by atoms with E-state index in [-0.39, 0.29) is 0 Å². The number of aryl methyl sites for hydroxylation is 1. The molecule has 2 nitrogen and oxygen atoms in total. The average Bonchev–Trinajstić information content (AvgIpc) is 2.43. The van der Waals surface area contributed by atoms with E-state index in [0.29, 0.717) is 0 Å². The van der Waals surface area contributed by atoms with Crippen molar-refractivity contribution in [1.82, 2.24) is 0 Å². The highest BCUT2D eigenvalue weighted by Crippen LogP contribution is 2.26. The lowest BCUT2D eigenvalue weighted by Crippen LogP contribution is -2.02. The lowest BCUT2D eigenvalue weighted by Gasteiger charge is -2.14. The summed E-state index contributed by atoms with van der Waals surface area (Å²) in [5, 5.41) is 9.77. The molecule has 0 unspecified atom stereocenters. The molecule has 0 amide bonds. The van der Waals surface area contributed by atoms with Gasteiger partial charge in [-0.1, -0.05) is 57.1 Å². The summed E-state index contributed by atoms with van der Waals surface area (Å²) in [5.74, 6) is 0.830. The minimum atomic E-state index is -0.473. The molecule has 1 rings (SSSR count). The Morgan fingerprint density at radius 2 is 1.70 bits per heavy atom. The molecule has 0 aliphatic rings. The van der Waals surface area contributed by atoms with E-state index in [9.17, 15) is 5.11 Å². The topological polar surface area (TPSA) is 29.5 Å². The molecule has 1 aromatic carbocycles. The van der Waals surface area contributed by atoms with Crippen molar-refractivity contribution < 1.29 is 9.84 Å². The fourth-order valence-corrected chi connectivity index (χ4v) is 2.37. The van der Waals surface area contributed by atoms with Crippen molar-refractivity contribution in [3.8, 4) is 5.75 Å². The largest absolute Gasteiger partial charge is 0.493 e. The molecule has 0 bridgehead atoms. The normalized spacial score (nSPS) is 12.4. The number of aliphatic hydroxyl groups is 1. The Balaban J connectivity index is 2.25. The molecule has 0 saturated carbocycles. The van der Waals surface area contributed by atoms with Crippen LogP contribution in [0.15, 0.2) is 18.2 Å². The molecule has 2 heteroatoms. The second-order valence-electron chi connectivity index (χ2n) is 5.69. The third-order valence-electron chi connectivity index (χ3n) is 3.62. The van der Waals surface area contributed by atoms with Crippen LogP contribution in [0.2, 0.25) is 0 Å². The number of aliphatic hydroxyl groups excluding tert-OH is 1. The summed E-state index contributed by atoms with van der Waals surface area (Å²) < 4.78 is 5.82. The van der Waals surface area contributed by atoms with Crippen LogP contribution in [0, 0.1) is 6.92 Å². The molecule has 114 valence electrons. The SMILES string of the molecule is CCCCCCCCCOc1ccc(C)cc1[C@H](C)O. The van der Waals surface area contributed by atoms with Crippen molar-refractivity contribution in [1.29, 1.82) is 0 Å². The lowest BCUT2D eigenvalue weighted by atomic mass is 10.1. The Morgan fingerprint density at radius 3 is 2.35 bits per heavy atom. The molecule has 0 radical (unpaired) electrons. The van der Waals surface area contributed by atoms with Crippen molar-refractivity contribution in [2.45, 2.75) is 71.8 Å². The number of benzene rings is 1. The van der Waals surface area contributed by atoms with E-state index in [1.807, 2.05) is 25.1 Å². The van der Waals surface area contributed by atoms with Gasteiger partial charge in [0.25, 0.3) is 0 Å². The summed E-state index contributed by atoms with van der Waals surface area (Å²) >= 11 is 0. The van der Waals surface area contributed by atoms with Crippen LogP contribution < -0.4 is 4.74 Å². The van der Waals surface area contributed by atoms with Crippen LogP contribution in [-0.4, -0.2) is 11.7 Å². The van der Waals surface area contributed by atoms with E-state index in [1.54, 1.807) is 6.92 Å². The molecule has 0 saturated heterocycles. The number of ether oxygens (including phenoxy) is 1. The zero-order valence-corrected chi connectivity index (χ0v) is 13.3. The Labute approximate surface area is 124 Å². The van der Waals surface area contributed by atoms with Crippen molar-refractivity contribution in [2.24, 2.45) is 0 Å². The molecule has 0 spiro atoms. The molecule has 0 aliphatic carbocycles. The van der Waals surface area contributed by atoms with Crippen molar-refractivity contribution in [3.63, 3.8) is 0 Å². The van der Waals surface area contributed by atoms with Gasteiger partial charge in [0.15, 0.2) is 0 Å². The maximum absolute atomic E-state index is 9.77. The fourth-order valence-electron chi connectivity index (χ4n) is 2.37. The van der Waals surface area contributed by atoms with Gasteiger partial charge in [-0.25, -0.2) is 0 Å². The van der Waals surface area contributed by atoms with Crippen LogP contribution in [0.4, 0.5) is 0 Å². The van der Waals surface area contributed by atoms with Crippen molar-refractivity contribution in [2.75, 3.05) is 6.61 Å². The standard InChI is InChI=1S/C18H30O2/c1-4-5-6-7-8-9-10-13-20-18-12-11-15(2)14-17(18)16(3)19/h11-12,14,16,19H,4-10,13H2,1-3H3/t16-/m0/s1. The number of unbranched alkanes of at least 4 members (excludes halogenated alkanes) is 6. The zero-order chi connectivity index (χ0) is 14.8. The maximum atomic E-state index is 9.77. The van der Waals surface area contributed by atoms with E-state index in [4.69, 9.17) is 4.74 Å². The zero-order valence-electron chi connectivity index (χ0n) is 13.3. The maximum Gasteiger partial charge on any atom is 0.125 e. The molecule has 0 aliphatic heterocycles. The summed E-state index contributed by atoms with van der Waals surface area (Å²) in [7, 11) is 0. The van der Waals surface area contributed by atoms with Gasteiger partial charge in [0.2, 0.25) is 0 Å². The predicted molar refractivity (Wildman–Crippen MR) is 85.3 cm³/mol. The smallest absolute Gasteiger partial charge is 0.125 e. The summed E-state index contributed by atoms with van der Waals surface area (Å²) in [4.78, 5) is 0. The van der Waals surface area contributed by atoms with E-state index in [0.717, 1.165) is 29.9 Å². The van der Waals surface area contributed by atoms with Gasteiger partial charge >= 0.3 is 0 Å². The van der Waals surface area contributed by atoms with Gasteiger partial charge < -0.3 is 9.84 Å². The van der Waals surface area contributed by atoms with Crippen LogP contribution in [0.5, 0.6) is 5.75 Å². The first-order valence-electron chi connectivity index (χ1n) is 8.06. The van der Waals surface area contributed by atoms with E-state index >= 15 is 0 Å². The van der Waals surface area contributed by atoms with Gasteiger partial charge in [0.05, 0.1) is 12.7 Å². The molecule has 1 aromatic rings. The van der Waals surface area contributed by atoms with Gasteiger partial charge in [-0.15, -0.1) is 0 Å². The average molecular weight is 278 g/mol. The summed E-state index contributed by atoms with van der Waals surface area (Å²) in [6, 6.07) is 6.01. The second-order valence-corrected chi connectivity index (χ2v) is 5.69. The second kappa shape index (κ2) is 9.82. The number of rotatable bonds is 10. The first kappa shape index (κ1) is 17.0. The Bertz CT molecular complexity index is 372. The third-order valence-corrected chi connectivity index (χ3v) is 3.62. The Kier molecular flexibility index (Phi) is 8.36. The van der Waals surface area contributed by atoms with Crippen molar-refractivity contribution in [3.05, 3.63) is 29.3 Å². The van der Waals surface area contributed by atoms with Crippen molar-refractivity contribution >= 4 is 0 Å². The first-order chi connectivity index (χ1) is 9.65. The molecule has 1 N–H and O–H groups in total. The van der Waals surface area contributed by atoms with E-state index in [2.05, 4.69) is 6.92 Å². The monoisotopic (exact) mass is 278 g/mol. The van der Waals surface area contributed by atoms with Gasteiger partial charge in [-0.05, 0) is 32.4 Å². The highest BCUT2D eigenvalue weighted by atomic mass is 16.5. The van der Waals surface area contributed by atoms with Crippen LogP contribution in [0.1, 0.15) is 76.0 Å². The molecular formula is C18H30O2. The van der Waals surface area contributed by atoms with Gasteiger partial charge in [0, 0.05) is 5.56 Å². The molecule has 1 atom stereocenters. The number of hydrogen-bond acceptors (Lipinski definition) is 2. The molecular weight excluding hydrogens is 248 g/mol. The van der Waals surface area contributed by atoms with Crippen LogP contribution >= 0.6 is 0 Å². The van der Waals surface area contributed by atoms with Gasteiger partial charge in [-0.3, -0.25) is 0 Å². The van der Waals surface area contributed by atoms with Crippen LogP contribution in [-0.2, 0) is 0 Å². The molecule has 0 heterocycles. The van der Waals surface area contributed by atoms with E-state index < -0.39 is 6.10 Å². The molecule has 0 fully saturated rings. The highest BCUT2D eigenvalue weighted by Gasteiger charge is 2.09. The fraction of sp³-hybridized carbons (Fsp3) is 0.667. The molecule has 0 aromatic heterocycles. The minimum Gasteiger partial charge on any atom is -0.493 e. The van der Waals surface area contributed by atoms with Gasteiger partial charge in [0.1, 0.15) is 5.75 Å². The molecule has 20 heavy (non-hydrogen) atoms. The van der Waals surface area contributed by atoms with Crippen LogP contribution in [0.3, 0.4) is 0 Å². The van der Waals surface area contributed by atoms with Gasteiger partial charge in [-0.2, -0.15) is 0 Å². The lowest BCUT2D eigenvalue weighted by molar-refractivity contribution is 0.190. The first-order valence-corrected chi connectivity index (χ1v) is 8.06. The Hall–Kier alpha value is -1.02. The summed E-state index contributed by atoms with van der Waals surface area (Å²) in [6.45, 7) is 6.81.